The summed E-state index contributed by atoms with van der Waals surface area (Å²) in [5, 5.41) is 2.89. The second kappa shape index (κ2) is 12.1. The second-order valence-electron chi connectivity index (χ2n) is 7.86. The molecule has 3 aromatic carbocycles. The van der Waals surface area contributed by atoms with Crippen molar-refractivity contribution in [2.45, 2.75) is 24.4 Å². The molecule has 36 heavy (non-hydrogen) atoms. The summed E-state index contributed by atoms with van der Waals surface area (Å²) < 4.78 is 29.1. The molecule has 11 heteroatoms. The third-order valence-electron chi connectivity index (χ3n) is 5.47. The number of amides is 2. The lowest BCUT2D eigenvalue weighted by atomic mass is 10.1. The van der Waals surface area contributed by atoms with Crippen molar-refractivity contribution in [3.05, 3.63) is 92.9 Å². The number of halogens is 3. The van der Waals surface area contributed by atoms with Crippen molar-refractivity contribution in [2.75, 3.05) is 17.9 Å². The maximum Gasteiger partial charge on any atom is 0.264 e. The Kier molecular flexibility index (Phi) is 9.41. The van der Waals surface area contributed by atoms with Crippen molar-refractivity contribution in [1.82, 2.24) is 10.2 Å². The Bertz CT molecular complexity index is 1340. The van der Waals surface area contributed by atoms with Gasteiger partial charge in [-0.3, -0.25) is 13.9 Å². The number of hydrogen-bond acceptors (Lipinski definition) is 4. The normalized spacial score (nSPS) is 12.0. The van der Waals surface area contributed by atoms with Gasteiger partial charge >= 0.3 is 0 Å². The lowest BCUT2D eigenvalue weighted by Gasteiger charge is -2.32. The highest BCUT2D eigenvalue weighted by Gasteiger charge is 2.33. The number of anilines is 1. The van der Waals surface area contributed by atoms with Crippen LogP contribution in [0.2, 0.25) is 10.0 Å². The Morgan fingerprint density at radius 1 is 1.00 bits per heavy atom. The summed E-state index contributed by atoms with van der Waals surface area (Å²) >= 11 is 15.9. The molecule has 0 aromatic heterocycles. The van der Waals surface area contributed by atoms with E-state index >= 15 is 0 Å². The third kappa shape index (κ3) is 6.59. The zero-order chi connectivity index (χ0) is 26.5. The molecule has 0 radical (unpaired) electrons. The molecule has 1 atom stereocenters. The van der Waals surface area contributed by atoms with E-state index in [4.69, 9.17) is 23.2 Å². The van der Waals surface area contributed by atoms with Gasteiger partial charge in [0, 0.05) is 23.1 Å². The monoisotopic (exact) mass is 611 g/mol. The number of hydrogen-bond donors (Lipinski definition) is 1. The third-order valence-corrected chi connectivity index (χ3v) is 8.32. The first-order valence-corrected chi connectivity index (χ1v) is 13.8. The molecule has 0 heterocycles. The maximum absolute atomic E-state index is 13.7. The number of benzene rings is 3. The topological polar surface area (TPSA) is 86.8 Å². The number of rotatable bonds is 9. The van der Waals surface area contributed by atoms with E-state index in [1.165, 1.54) is 42.3 Å². The first-order chi connectivity index (χ1) is 17.0. The van der Waals surface area contributed by atoms with Gasteiger partial charge in [0.15, 0.2) is 0 Å². The highest BCUT2D eigenvalue weighted by atomic mass is 79.9. The summed E-state index contributed by atoms with van der Waals surface area (Å²) in [6.07, 6.45) is 0. The number of nitrogens with zero attached hydrogens (tertiary/aromatic N) is 2. The molecule has 0 spiro atoms. The van der Waals surface area contributed by atoms with E-state index < -0.39 is 34.4 Å². The van der Waals surface area contributed by atoms with Crippen molar-refractivity contribution in [3.8, 4) is 0 Å². The van der Waals surface area contributed by atoms with Crippen LogP contribution in [0.3, 0.4) is 0 Å². The van der Waals surface area contributed by atoms with Crippen molar-refractivity contribution in [3.63, 3.8) is 0 Å². The van der Waals surface area contributed by atoms with Crippen LogP contribution in [0.1, 0.15) is 12.5 Å². The number of carbonyl (C=O) groups excluding carboxylic acids is 2. The summed E-state index contributed by atoms with van der Waals surface area (Å²) in [6, 6.07) is 18.5. The van der Waals surface area contributed by atoms with E-state index in [-0.39, 0.29) is 27.2 Å². The average Bonchev–Trinajstić information content (AvgIpc) is 2.87. The predicted molar refractivity (Wildman–Crippen MR) is 146 cm³/mol. The number of sulfonamides is 1. The van der Waals surface area contributed by atoms with Gasteiger partial charge in [0.25, 0.3) is 10.0 Å². The minimum Gasteiger partial charge on any atom is -0.357 e. The Morgan fingerprint density at radius 2 is 1.64 bits per heavy atom. The van der Waals surface area contributed by atoms with Crippen molar-refractivity contribution < 1.29 is 18.0 Å². The van der Waals surface area contributed by atoms with E-state index in [1.54, 1.807) is 25.1 Å². The SMILES string of the molecule is CNC(=O)C(C)N(Cc1ccc(Br)cc1)C(=O)CN(c1cc(Cl)ccc1Cl)S(=O)(=O)c1ccccc1. The standard InChI is InChI=1S/C25H24BrCl2N3O4S/c1-17(25(33)29-2)30(15-18-8-10-19(26)11-9-18)24(32)16-31(23-14-20(27)12-13-22(23)28)36(34,35)21-6-4-3-5-7-21/h3-14,17H,15-16H2,1-2H3,(H,29,33). The van der Waals surface area contributed by atoms with Crippen LogP contribution in [0.5, 0.6) is 0 Å². The molecule has 0 aliphatic carbocycles. The van der Waals surface area contributed by atoms with Gasteiger partial charge in [0.1, 0.15) is 12.6 Å². The highest BCUT2D eigenvalue weighted by Crippen LogP contribution is 2.33. The number of carbonyl (C=O) groups is 2. The van der Waals surface area contributed by atoms with E-state index in [2.05, 4.69) is 21.2 Å². The van der Waals surface area contributed by atoms with Crippen LogP contribution >= 0.6 is 39.1 Å². The maximum atomic E-state index is 13.7. The lowest BCUT2D eigenvalue weighted by molar-refractivity contribution is -0.139. The van der Waals surface area contributed by atoms with E-state index in [1.807, 2.05) is 24.3 Å². The quantitative estimate of drug-likeness (QED) is 0.364. The fourth-order valence-electron chi connectivity index (χ4n) is 3.49. The first-order valence-electron chi connectivity index (χ1n) is 10.8. The van der Waals surface area contributed by atoms with Crippen LogP contribution in [-0.2, 0) is 26.2 Å². The molecule has 7 nitrogen and oxygen atoms in total. The van der Waals surface area contributed by atoms with E-state index in [0.717, 1.165) is 14.3 Å². The Balaban J connectivity index is 2.06. The molecular weight excluding hydrogens is 589 g/mol. The van der Waals surface area contributed by atoms with Gasteiger partial charge in [0.2, 0.25) is 11.8 Å². The molecule has 3 aromatic rings. The van der Waals surface area contributed by atoms with E-state index in [0.29, 0.717) is 0 Å². The molecular formula is C25H24BrCl2N3O4S. The summed E-state index contributed by atoms with van der Waals surface area (Å²) in [5.74, 6) is -0.983. The Labute approximate surface area is 229 Å². The lowest BCUT2D eigenvalue weighted by Crippen LogP contribution is -2.50. The van der Waals surface area contributed by atoms with Crippen LogP contribution in [-0.4, -0.2) is 44.8 Å². The van der Waals surface area contributed by atoms with Gasteiger partial charge in [-0.05, 0) is 55.0 Å². The molecule has 190 valence electrons. The number of likely N-dealkylation sites (N-methyl/N-ethyl adjacent to an activating group) is 1. The molecule has 0 bridgehead atoms. The minimum atomic E-state index is -4.22. The van der Waals surface area contributed by atoms with Gasteiger partial charge in [-0.1, -0.05) is 69.5 Å². The van der Waals surface area contributed by atoms with Gasteiger partial charge < -0.3 is 10.2 Å². The molecule has 3 rings (SSSR count). The summed E-state index contributed by atoms with van der Waals surface area (Å²) in [7, 11) is -2.74. The zero-order valence-corrected chi connectivity index (χ0v) is 23.4. The van der Waals surface area contributed by atoms with Gasteiger partial charge in [0.05, 0.1) is 15.6 Å². The fourth-order valence-corrected chi connectivity index (χ4v) is 5.63. The molecule has 0 saturated heterocycles. The number of nitrogens with one attached hydrogen (secondary N) is 1. The Morgan fingerprint density at radius 3 is 2.25 bits per heavy atom. The predicted octanol–water partition coefficient (Wildman–Crippen LogP) is 5.11. The van der Waals surface area contributed by atoms with Gasteiger partial charge in [-0.2, -0.15) is 0 Å². The Hall–Kier alpha value is -2.59. The second-order valence-corrected chi connectivity index (χ2v) is 11.5. The van der Waals surface area contributed by atoms with E-state index in [9.17, 15) is 18.0 Å². The molecule has 0 saturated carbocycles. The largest absolute Gasteiger partial charge is 0.357 e. The summed E-state index contributed by atoms with van der Waals surface area (Å²) in [4.78, 5) is 27.5. The molecule has 2 amide bonds. The molecule has 0 fully saturated rings. The fraction of sp³-hybridized carbons (Fsp3) is 0.200. The van der Waals surface area contributed by atoms with Crippen LogP contribution in [0.4, 0.5) is 5.69 Å². The smallest absolute Gasteiger partial charge is 0.264 e. The van der Waals surface area contributed by atoms with Crippen LogP contribution in [0.25, 0.3) is 0 Å². The highest BCUT2D eigenvalue weighted by molar-refractivity contribution is 9.10. The van der Waals surface area contributed by atoms with Gasteiger partial charge in [-0.25, -0.2) is 8.42 Å². The van der Waals surface area contributed by atoms with Crippen LogP contribution in [0, 0.1) is 0 Å². The van der Waals surface area contributed by atoms with Crippen LogP contribution < -0.4 is 9.62 Å². The molecule has 0 aliphatic rings. The summed E-state index contributed by atoms with van der Waals surface area (Å²) in [6.45, 7) is 1.07. The molecule has 0 aliphatic heterocycles. The summed E-state index contributed by atoms with van der Waals surface area (Å²) in [5.41, 5.74) is 0.818. The first kappa shape index (κ1) is 28.0. The minimum absolute atomic E-state index is 0.0207. The van der Waals surface area contributed by atoms with Crippen molar-refractivity contribution in [2.24, 2.45) is 0 Å². The van der Waals surface area contributed by atoms with Crippen molar-refractivity contribution >= 4 is 66.7 Å². The zero-order valence-electron chi connectivity index (χ0n) is 19.5. The van der Waals surface area contributed by atoms with Crippen molar-refractivity contribution in [1.29, 1.82) is 0 Å². The van der Waals surface area contributed by atoms with Gasteiger partial charge in [-0.15, -0.1) is 0 Å². The molecule has 1 N–H and O–H groups in total. The average molecular weight is 613 g/mol. The molecule has 1 unspecified atom stereocenters. The van der Waals surface area contributed by atoms with Crippen LogP contribution in [0.15, 0.2) is 82.2 Å².